The Balaban J connectivity index is 1.43. The Kier molecular flexibility index (Phi) is 9.68. The van der Waals surface area contributed by atoms with Crippen LogP contribution < -0.4 is 10.6 Å². The van der Waals surface area contributed by atoms with Gasteiger partial charge in [-0.1, -0.05) is 18.2 Å². The summed E-state index contributed by atoms with van der Waals surface area (Å²) in [7, 11) is 0. The molecular weight excluding hydrogens is 695 g/mol. The quantitative estimate of drug-likeness (QED) is 0.172. The number of halogens is 2. The molecule has 0 aliphatic carbocycles. The summed E-state index contributed by atoms with van der Waals surface area (Å²) in [6.45, 7) is 3.86. The van der Waals surface area contributed by atoms with Crippen LogP contribution in [0.1, 0.15) is 60.0 Å². The summed E-state index contributed by atoms with van der Waals surface area (Å²) in [6.07, 6.45) is 8.88. The van der Waals surface area contributed by atoms with Crippen LogP contribution in [0.15, 0.2) is 53.4 Å². The van der Waals surface area contributed by atoms with Crippen molar-refractivity contribution in [3.8, 4) is 11.1 Å². The maximum absolute atomic E-state index is 16.5. The fourth-order valence-corrected chi connectivity index (χ4v) is 6.62. The van der Waals surface area contributed by atoms with E-state index in [9.17, 15) is 19.2 Å². The molecule has 0 saturated carbocycles. The molecule has 2 aliphatic heterocycles. The molecule has 5 heterocycles. The second kappa shape index (κ2) is 13.9. The van der Waals surface area contributed by atoms with Crippen molar-refractivity contribution in [2.45, 2.75) is 71.1 Å². The molecule has 0 radical (unpaired) electrons. The Labute approximate surface area is 290 Å². The third kappa shape index (κ3) is 7.43. The van der Waals surface area contributed by atoms with Crippen molar-refractivity contribution in [3.05, 3.63) is 76.1 Å². The van der Waals surface area contributed by atoms with Crippen LogP contribution in [0.4, 0.5) is 10.2 Å². The minimum atomic E-state index is -2.06. The van der Waals surface area contributed by atoms with Crippen molar-refractivity contribution in [2.75, 3.05) is 18.4 Å². The summed E-state index contributed by atoms with van der Waals surface area (Å²) < 4.78 is 18.4. The molecule has 0 spiro atoms. The number of rotatable bonds is 4. The highest BCUT2D eigenvalue weighted by atomic mass is 79.9. The Bertz CT molecular complexity index is 2000. The van der Waals surface area contributed by atoms with E-state index >= 15 is 4.39 Å². The molecule has 2 aliphatic rings. The van der Waals surface area contributed by atoms with E-state index in [2.05, 4.69) is 46.6 Å². The van der Waals surface area contributed by atoms with Gasteiger partial charge in [0.2, 0.25) is 17.7 Å². The number of hydrogen-bond acceptors (Lipinski definition) is 8. The minimum absolute atomic E-state index is 0.187. The van der Waals surface area contributed by atoms with Gasteiger partial charge in [0, 0.05) is 43.1 Å². The van der Waals surface area contributed by atoms with Crippen molar-refractivity contribution in [1.82, 2.24) is 34.9 Å². The number of nitrogens with zero attached hydrogens (tertiary/aromatic N) is 6. The van der Waals surface area contributed by atoms with E-state index in [1.54, 1.807) is 38.4 Å². The minimum Gasteiger partial charge on any atom is -0.353 e. The predicted molar refractivity (Wildman–Crippen MR) is 184 cm³/mol. The summed E-state index contributed by atoms with van der Waals surface area (Å²) >= 11 is 3.31. The van der Waals surface area contributed by atoms with E-state index in [1.165, 1.54) is 16.5 Å². The van der Waals surface area contributed by atoms with Crippen molar-refractivity contribution >= 4 is 56.2 Å². The van der Waals surface area contributed by atoms with Gasteiger partial charge in [-0.25, -0.2) is 19.3 Å². The third-order valence-electron chi connectivity index (χ3n) is 8.85. The van der Waals surface area contributed by atoms with Crippen LogP contribution in [0.3, 0.4) is 0 Å². The summed E-state index contributed by atoms with van der Waals surface area (Å²) in [6, 6.07) is 6.11. The number of alkyl halides is 1. The first kappa shape index (κ1) is 34.0. The fraction of sp³-hybridized carbons (Fsp3) is 0.371. The number of aryl methyl sites for hydroxylation is 2. The van der Waals surface area contributed by atoms with Crippen molar-refractivity contribution in [1.29, 1.82) is 0 Å². The van der Waals surface area contributed by atoms with E-state index in [1.807, 2.05) is 24.3 Å². The van der Waals surface area contributed by atoms with Gasteiger partial charge in [-0.05, 0) is 83.9 Å². The summed E-state index contributed by atoms with van der Waals surface area (Å²) in [5.41, 5.74) is 1.72. The van der Waals surface area contributed by atoms with Crippen molar-refractivity contribution in [2.24, 2.45) is 0 Å². The van der Waals surface area contributed by atoms with Gasteiger partial charge in [-0.3, -0.25) is 23.9 Å². The smallest absolute Gasteiger partial charge is 0.248 e. The van der Waals surface area contributed by atoms with Crippen molar-refractivity contribution < 1.29 is 23.6 Å². The lowest BCUT2D eigenvalue weighted by molar-refractivity contribution is -0.137. The van der Waals surface area contributed by atoms with E-state index in [0.29, 0.717) is 46.2 Å². The Morgan fingerprint density at radius 1 is 1.10 bits per heavy atom. The number of pyridine rings is 1. The summed E-state index contributed by atoms with van der Waals surface area (Å²) in [4.78, 5) is 67.6. The second-order valence-corrected chi connectivity index (χ2v) is 13.5. The van der Waals surface area contributed by atoms with Crippen LogP contribution >= 0.6 is 15.9 Å². The zero-order chi connectivity index (χ0) is 34.9. The molecule has 14 heteroatoms. The van der Waals surface area contributed by atoms with Crippen molar-refractivity contribution in [3.63, 3.8) is 0 Å². The maximum atomic E-state index is 16.5. The first-order valence-corrected chi connectivity index (χ1v) is 16.9. The average Bonchev–Trinajstić information content (AvgIpc) is 3.62. The number of nitrogens with one attached hydrogen (secondary N) is 2. The normalized spacial score (nSPS) is 20.9. The number of anilines is 1. The molecule has 4 aromatic rings. The Morgan fingerprint density at radius 3 is 2.63 bits per heavy atom. The predicted octanol–water partition coefficient (Wildman–Crippen LogP) is 4.82. The number of carbonyl (C=O) groups is 4. The molecule has 49 heavy (non-hydrogen) atoms. The molecule has 6 rings (SSSR count). The number of hydrogen-bond donors (Lipinski definition) is 2. The van der Waals surface area contributed by atoms with Crippen LogP contribution in [0.2, 0.25) is 0 Å². The largest absolute Gasteiger partial charge is 0.353 e. The molecule has 12 nitrogen and oxygen atoms in total. The molecule has 3 aromatic heterocycles. The Hall–Kier alpha value is -4.85. The molecule has 2 N–H and O–H groups in total. The summed E-state index contributed by atoms with van der Waals surface area (Å²) in [5, 5.41) is 10.6. The number of Topliss-reactive ketones (excluding diaryl/α,β-unsaturated/α-hetero) is 1. The molecular formula is C35H36BrFN8O4. The second-order valence-electron chi connectivity index (χ2n) is 12.6. The van der Waals surface area contributed by atoms with Gasteiger partial charge in [0.25, 0.3) is 0 Å². The van der Waals surface area contributed by atoms with Gasteiger partial charge in [0.05, 0.1) is 18.6 Å². The van der Waals surface area contributed by atoms with Gasteiger partial charge in [0.15, 0.2) is 5.78 Å². The van der Waals surface area contributed by atoms with Crippen LogP contribution in [0.25, 0.3) is 22.0 Å². The number of amides is 3. The van der Waals surface area contributed by atoms with Gasteiger partial charge >= 0.3 is 0 Å². The lowest BCUT2D eigenvalue weighted by atomic mass is 9.98. The van der Waals surface area contributed by atoms with Gasteiger partial charge < -0.3 is 15.5 Å². The van der Waals surface area contributed by atoms with E-state index in [4.69, 9.17) is 0 Å². The Morgan fingerprint density at radius 2 is 1.88 bits per heavy atom. The average molecular weight is 732 g/mol. The standard InChI is InChI=1S/C35H36BrFN8O4/c1-20-10-11-28(36)41-33(20)42-34(49)27-14-35(37)18-40-29(47)9-7-5-4-6-8-23-12-24(25-15-38-22(3)39-16-25)13-26-31(21(2)46)43-45(32(23)26)17-30(48)44(27)19-35/h4,6,10-13,15-16,27H,5,7-9,14,17-19H2,1-3H3,(H,40,47)(H,41,42,49)/b6-4-/t27-,35-/m0/s1. The highest BCUT2D eigenvalue weighted by molar-refractivity contribution is 9.10. The molecule has 1 saturated heterocycles. The van der Waals surface area contributed by atoms with Crippen LogP contribution in [0.5, 0.6) is 0 Å². The molecule has 2 bridgehead atoms. The van der Waals surface area contributed by atoms with Crippen LogP contribution in [0, 0.1) is 13.8 Å². The van der Waals surface area contributed by atoms with Gasteiger partial charge in [0.1, 0.15) is 40.2 Å². The number of carbonyl (C=O) groups excluding carboxylic acids is 4. The first-order chi connectivity index (χ1) is 23.4. The lowest BCUT2D eigenvalue weighted by Crippen LogP contribution is -2.45. The third-order valence-corrected chi connectivity index (χ3v) is 9.30. The molecule has 254 valence electrons. The topological polar surface area (TPSA) is 152 Å². The van der Waals surface area contributed by atoms with Crippen LogP contribution in [-0.4, -0.2) is 77.9 Å². The fourth-order valence-electron chi connectivity index (χ4n) is 6.31. The zero-order valence-corrected chi connectivity index (χ0v) is 29.0. The van der Waals surface area contributed by atoms with Crippen LogP contribution in [-0.2, 0) is 27.3 Å². The summed E-state index contributed by atoms with van der Waals surface area (Å²) in [5.74, 6) is -0.857. The SMILES string of the molecule is CC(=O)c1nn2c3c(cc(-c4cnc(C)nc4)cc13)C/C=C\CCCC(=O)NC[C@@]1(F)C[C@@H](C(=O)Nc3nc(Br)ccc3C)N(C1)C(=O)C2. The first-order valence-electron chi connectivity index (χ1n) is 16.1. The number of benzene rings is 1. The van der Waals surface area contributed by atoms with Gasteiger partial charge in [-0.15, -0.1) is 0 Å². The van der Waals surface area contributed by atoms with Gasteiger partial charge in [-0.2, -0.15) is 5.10 Å². The molecule has 0 unspecified atom stereocenters. The van der Waals surface area contributed by atoms with E-state index in [0.717, 1.165) is 16.7 Å². The molecule has 1 aromatic carbocycles. The number of aromatic nitrogens is 5. The number of allylic oxidation sites excluding steroid dienone is 2. The highest BCUT2D eigenvalue weighted by Crippen LogP contribution is 2.34. The molecule has 1 fully saturated rings. The van der Waals surface area contributed by atoms with E-state index < -0.39 is 30.1 Å². The molecule has 3 amide bonds. The number of fused-ring (bicyclic) bond motifs is 2. The molecule has 2 atom stereocenters. The van der Waals surface area contributed by atoms with E-state index in [-0.39, 0.29) is 49.1 Å². The monoisotopic (exact) mass is 730 g/mol. The zero-order valence-electron chi connectivity index (χ0n) is 27.4. The lowest BCUT2D eigenvalue weighted by Gasteiger charge is -2.24. The number of ketones is 1. The highest BCUT2D eigenvalue weighted by Gasteiger charge is 2.49. The maximum Gasteiger partial charge on any atom is 0.248 e.